The van der Waals surface area contributed by atoms with Crippen molar-refractivity contribution in [1.82, 2.24) is 9.88 Å². The molecule has 0 unspecified atom stereocenters. The number of carbonyl (C=O) groups is 1. The molecule has 4 rings (SSSR count). The van der Waals surface area contributed by atoms with E-state index in [9.17, 15) is 14.4 Å². The maximum absolute atomic E-state index is 13.1. The first kappa shape index (κ1) is 19.8. The Balaban J connectivity index is 1.35. The monoisotopic (exact) mass is 403 g/mol. The molecular formula is C24H22FN3O2. The van der Waals surface area contributed by atoms with Gasteiger partial charge in [0.1, 0.15) is 11.6 Å². The highest BCUT2D eigenvalue weighted by molar-refractivity contribution is 5.88. The van der Waals surface area contributed by atoms with Crippen LogP contribution in [0.1, 0.15) is 18.4 Å². The van der Waals surface area contributed by atoms with Crippen LogP contribution in [0.15, 0.2) is 60.9 Å². The number of piperidine rings is 1. The van der Waals surface area contributed by atoms with Gasteiger partial charge in [-0.15, -0.1) is 0 Å². The van der Waals surface area contributed by atoms with Gasteiger partial charge in [-0.2, -0.15) is 5.26 Å². The molecule has 0 spiro atoms. The van der Waals surface area contributed by atoms with Gasteiger partial charge in [0.25, 0.3) is 5.91 Å². The molecule has 5 nitrogen and oxygen atoms in total. The predicted molar refractivity (Wildman–Crippen MR) is 111 cm³/mol. The largest absolute Gasteiger partial charge is 0.483 e. The number of hydrogen-bond acceptors (Lipinski definition) is 4. The quantitative estimate of drug-likeness (QED) is 0.643. The highest BCUT2D eigenvalue weighted by Crippen LogP contribution is 2.34. The summed E-state index contributed by atoms with van der Waals surface area (Å²) in [5.41, 5.74) is 0.407. The van der Waals surface area contributed by atoms with Gasteiger partial charge in [0.05, 0.1) is 11.5 Å². The molecule has 1 saturated heterocycles. The zero-order valence-corrected chi connectivity index (χ0v) is 16.6. The Labute approximate surface area is 174 Å². The minimum atomic E-state index is -0.530. The number of likely N-dealkylation sites (tertiary alicyclic amines) is 1. The van der Waals surface area contributed by atoms with Crippen molar-refractivity contribution in [2.24, 2.45) is 5.41 Å². The van der Waals surface area contributed by atoms with Gasteiger partial charge in [0, 0.05) is 36.3 Å². The highest BCUT2D eigenvalue weighted by atomic mass is 19.1. The van der Waals surface area contributed by atoms with Crippen molar-refractivity contribution < 1.29 is 13.9 Å². The number of nitrogens with zero attached hydrogens (tertiary/aromatic N) is 3. The summed E-state index contributed by atoms with van der Waals surface area (Å²) in [4.78, 5) is 18.5. The van der Waals surface area contributed by atoms with Crippen molar-refractivity contribution in [3.05, 3.63) is 72.3 Å². The van der Waals surface area contributed by atoms with Gasteiger partial charge < -0.3 is 9.64 Å². The van der Waals surface area contributed by atoms with Crippen LogP contribution in [-0.4, -0.2) is 35.5 Å². The Hall–Kier alpha value is -3.46. The van der Waals surface area contributed by atoms with Crippen molar-refractivity contribution in [1.29, 1.82) is 5.26 Å². The lowest BCUT2D eigenvalue weighted by molar-refractivity contribution is -0.135. The number of ether oxygens (including phenoxy) is 1. The molecule has 0 radical (unpaired) electrons. The molecule has 0 atom stereocenters. The lowest BCUT2D eigenvalue weighted by Gasteiger charge is -2.37. The molecule has 0 N–H and O–H groups in total. The Morgan fingerprint density at radius 1 is 1.17 bits per heavy atom. The Bertz CT molecular complexity index is 1080. The van der Waals surface area contributed by atoms with Crippen LogP contribution in [-0.2, 0) is 11.2 Å². The number of hydrogen-bond donors (Lipinski definition) is 0. The van der Waals surface area contributed by atoms with E-state index in [2.05, 4.69) is 11.1 Å². The van der Waals surface area contributed by atoms with Crippen LogP contribution >= 0.6 is 0 Å². The number of pyridine rings is 1. The molecule has 6 heteroatoms. The fourth-order valence-corrected chi connectivity index (χ4v) is 3.95. The SMILES string of the molecule is N#CC1(Cc2ccc(F)cc2)CCN(C(=O)COc2cccc3cnccc23)CC1. The van der Waals surface area contributed by atoms with Gasteiger partial charge in [-0.05, 0) is 49.1 Å². The van der Waals surface area contributed by atoms with Crippen molar-refractivity contribution in [2.75, 3.05) is 19.7 Å². The molecular weight excluding hydrogens is 381 g/mol. The first-order valence-electron chi connectivity index (χ1n) is 9.98. The second kappa shape index (κ2) is 8.50. The summed E-state index contributed by atoms with van der Waals surface area (Å²) < 4.78 is 18.9. The number of aromatic nitrogens is 1. The summed E-state index contributed by atoms with van der Waals surface area (Å²) in [5, 5.41) is 11.7. The minimum absolute atomic E-state index is 0.0427. The van der Waals surface area contributed by atoms with Crippen LogP contribution < -0.4 is 4.74 Å². The summed E-state index contributed by atoms with van der Waals surface area (Å²) in [6.07, 6.45) is 5.20. The molecule has 1 aromatic heterocycles. The summed E-state index contributed by atoms with van der Waals surface area (Å²) >= 11 is 0. The van der Waals surface area contributed by atoms with E-state index in [0.717, 1.165) is 16.3 Å². The van der Waals surface area contributed by atoms with Crippen molar-refractivity contribution in [3.8, 4) is 11.8 Å². The number of carbonyl (C=O) groups excluding carboxylic acids is 1. The highest BCUT2D eigenvalue weighted by Gasteiger charge is 2.36. The van der Waals surface area contributed by atoms with E-state index in [1.54, 1.807) is 29.4 Å². The topological polar surface area (TPSA) is 66.2 Å². The summed E-state index contributed by atoms with van der Waals surface area (Å²) in [6.45, 7) is 0.978. The second-order valence-electron chi connectivity index (χ2n) is 7.72. The van der Waals surface area contributed by atoms with Crippen molar-refractivity contribution in [3.63, 3.8) is 0 Å². The summed E-state index contributed by atoms with van der Waals surface area (Å²) in [5.74, 6) is 0.282. The minimum Gasteiger partial charge on any atom is -0.483 e. The number of benzene rings is 2. The van der Waals surface area contributed by atoms with Gasteiger partial charge in [0.15, 0.2) is 6.61 Å². The number of amides is 1. The van der Waals surface area contributed by atoms with Crippen LogP contribution in [0.25, 0.3) is 10.8 Å². The third-order valence-electron chi connectivity index (χ3n) is 5.76. The molecule has 2 aromatic carbocycles. The van der Waals surface area contributed by atoms with Crippen LogP contribution in [0.4, 0.5) is 4.39 Å². The number of halogens is 1. The molecule has 30 heavy (non-hydrogen) atoms. The van der Waals surface area contributed by atoms with Gasteiger partial charge >= 0.3 is 0 Å². The summed E-state index contributed by atoms with van der Waals surface area (Å²) in [7, 11) is 0. The van der Waals surface area contributed by atoms with Crippen molar-refractivity contribution in [2.45, 2.75) is 19.3 Å². The third-order valence-corrected chi connectivity index (χ3v) is 5.76. The normalized spacial score (nSPS) is 15.5. The summed E-state index contributed by atoms with van der Waals surface area (Å²) in [6, 6.07) is 16.3. The average molecular weight is 403 g/mol. The van der Waals surface area contributed by atoms with E-state index >= 15 is 0 Å². The maximum atomic E-state index is 13.1. The molecule has 152 valence electrons. The Morgan fingerprint density at radius 2 is 1.93 bits per heavy atom. The molecule has 0 bridgehead atoms. The predicted octanol–water partition coefficient (Wildman–Crippen LogP) is 4.13. The molecule has 1 aliphatic rings. The molecule has 1 amide bonds. The number of rotatable bonds is 5. The van der Waals surface area contributed by atoms with Crippen LogP contribution in [0.3, 0.4) is 0 Å². The standard InChI is InChI=1S/C24H22FN3O2/c25-20-6-4-18(5-7-20)14-24(17-26)9-12-28(13-10-24)23(29)16-30-22-3-1-2-19-15-27-11-8-21(19)22/h1-8,11,15H,9-10,12-14,16H2. The van der Waals surface area contributed by atoms with E-state index in [1.165, 1.54) is 12.1 Å². The maximum Gasteiger partial charge on any atom is 0.260 e. The van der Waals surface area contributed by atoms with Gasteiger partial charge in [-0.3, -0.25) is 9.78 Å². The van der Waals surface area contributed by atoms with E-state index < -0.39 is 5.41 Å². The molecule has 0 aliphatic carbocycles. The lowest BCUT2D eigenvalue weighted by atomic mass is 9.75. The molecule has 1 aliphatic heterocycles. The molecule has 2 heterocycles. The molecule has 3 aromatic rings. The number of nitriles is 1. The van der Waals surface area contributed by atoms with Gasteiger partial charge in [0.2, 0.25) is 0 Å². The zero-order chi connectivity index (χ0) is 21.0. The lowest BCUT2D eigenvalue weighted by Crippen LogP contribution is -2.45. The van der Waals surface area contributed by atoms with E-state index in [1.807, 2.05) is 24.3 Å². The van der Waals surface area contributed by atoms with E-state index in [0.29, 0.717) is 38.1 Å². The first-order valence-corrected chi connectivity index (χ1v) is 9.98. The van der Waals surface area contributed by atoms with Crippen LogP contribution in [0.2, 0.25) is 0 Å². The fourth-order valence-electron chi connectivity index (χ4n) is 3.95. The average Bonchev–Trinajstić information content (AvgIpc) is 2.79. The Morgan fingerprint density at radius 3 is 2.67 bits per heavy atom. The van der Waals surface area contributed by atoms with Crippen LogP contribution in [0, 0.1) is 22.6 Å². The molecule has 1 fully saturated rings. The van der Waals surface area contributed by atoms with Crippen molar-refractivity contribution >= 4 is 16.7 Å². The second-order valence-corrected chi connectivity index (χ2v) is 7.72. The number of fused-ring (bicyclic) bond motifs is 1. The molecule has 0 saturated carbocycles. The van der Waals surface area contributed by atoms with Gasteiger partial charge in [-0.25, -0.2) is 4.39 Å². The zero-order valence-electron chi connectivity index (χ0n) is 16.6. The smallest absolute Gasteiger partial charge is 0.260 e. The van der Waals surface area contributed by atoms with E-state index in [4.69, 9.17) is 4.74 Å². The fraction of sp³-hybridized carbons (Fsp3) is 0.292. The first-order chi connectivity index (χ1) is 14.6. The van der Waals surface area contributed by atoms with E-state index in [-0.39, 0.29) is 18.3 Å². The van der Waals surface area contributed by atoms with Gasteiger partial charge in [-0.1, -0.05) is 24.3 Å². The van der Waals surface area contributed by atoms with Crippen LogP contribution in [0.5, 0.6) is 5.75 Å². The Kier molecular flexibility index (Phi) is 5.62. The third kappa shape index (κ3) is 4.25.